The van der Waals surface area contributed by atoms with E-state index in [1.165, 1.54) is 7.11 Å². The number of carbonyl (C=O) groups excluding carboxylic acids is 3. The van der Waals surface area contributed by atoms with Gasteiger partial charge in [-0.1, -0.05) is 81.4 Å². The second-order valence-corrected chi connectivity index (χ2v) is 13.0. The van der Waals surface area contributed by atoms with E-state index >= 15 is 0 Å². The Bertz CT molecular complexity index is 1170. The molecule has 2 aromatic carbocycles. The molecule has 0 spiro atoms. The highest BCUT2D eigenvalue weighted by molar-refractivity contribution is 5.86. The van der Waals surface area contributed by atoms with E-state index in [9.17, 15) is 24.6 Å². The maximum absolute atomic E-state index is 13.4. The number of hydrogen-bond acceptors (Lipinski definition) is 8. The van der Waals surface area contributed by atoms with Gasteiger partial charge in [0, 0.05) is 13.1 Å². The standard InChI is InChI=1S/C33H50N4O7/c1-32(2,3)28(37-30(41)43-7)29(40)35-24(18-22-14-10-8-11-15-22)26(38)20-34-21-27(39)25(19-23-16-12-9-13-17-23)36-31(42)44-33(4,5)6/h8-17,24-28,34,38-39H,18-21H2,1-7H3,(H,35,40)(H,36,42)(H,37,41)/t24-,25-,26+,27+,28?/m0/s1. The Balaban J connectivity index is 2.13. The fourth-order valence-corrected chi connectivity index (χ4v) is 4.54. The molecule has 0 aromatic heterocycles. The quantitative estimate of drug-likeness (QED) is 0.190. The lowest BCUT2D eigenvalue weighted by Gasteiger charge is -2.33. The van der Waals surface area contributed by atoms with Crippen LogP contribution in [-0.4, -0.2) is 84.4 Å². The zero-order chi connectivity index (χ0) is 32.9. The van der Waals surface area contributed by atoms with Crippen molar-refractivity contribution in [2.24, 2.45) is 5.41 Å². The Hall–Kier alpha value is -3.67. The topological polar surface area (TPSA) is 158 Å². The minimum absolute atomic E-state index is 0.0317. The number of ether oxygens (including phenoxy) is 2. The number of rotatable bonds is 14. The monoisotopic (exact) mass is 614 g/mol. The average molecular weight is 615 g/mol. The lowest BCUT2D eigenvalue weighted by atomic mass is 9.85. The summed E-state index contributed by atoms with van der Waals surface area (Å²) in [7, 11) is 1.22. The van der Waals surface area contributed by atoms with Gasteiger partial charge in [-0.2, -0.15) is 0 Å². The van der Waals surface area contributed by atoms with Gasteiger partial charge in [-0.3, -0.25) is 4.79 Å². The van der Waals surface area contributed by atoms with E-state index in [0.717, 1.165) is 11.1 Å². The summed E-state index contributed by atoms with van der Waals surface area (Å²) in [6.07, 6.45) is -2.77. The Morgan fingerprint density at radius 3 is 1.57 bits per heavy atom. The predicted molar refractivity (Wildman–Crippen MR) is 169 cm³/mol. The van der Waals surface area contributed by atoms with E-state index in [1.54, 1.807) is 20.8 Å². The first-order valence-electron chi connectivity index (χ1n) is 14.9. The van der Waals surface area contributed by atoms with Gasteiger partial charge in [-0.05, 0) is 50.2 Å². The van der Waals surface area contributed by atoms with Crippen LogP contribution in [0.25, 0.3) is 0 Å². The molecule has 0 aliphatic heterocycles. The molecule has 11 nitrogen and oxygen atoms in total. The molecule has 0 bridgehead atoms. The van der Waals surface area contributed by atoms with Crippen molar-refractivity contribution in [3.05, 3.63) is 71.8 Å². The van der Waals surface area contributed by atoms with Crippen LogP contribution in [0, 0.1) is 5.41 Å². The molecule has 0 saturated carbocycles. The van der Waals surface area contributed by atoms with Crippen LogP contribution < -0.4 is 21.3 Å². The summed E-state index contributed by atoms with van der Waals surface area (Å²) in [6, 6.07) is 16.6. The Kier molecular flexibility index (Phi) is 14.1. The fraction of sp³-hybridized carbons (Fsp3) is 0.545. The average Bonchev–Trinajstić information content (AvgIpc) is 2.94. The summed E-state index contributed by atoms with van der Waals surface area (Å²) in [4.78, 5) is 37.9. The van der Waals surface area contributed by atoms with Crippen LogP contribution in [0.1, 0.15) is 52.7 Å². The van der Waals surface area contributed by atoms with Crippen molar-refractivity contribution in [2.45, 2.75) is 90.3 Å². The van der Waals surface area contributed by atoms with Gasteiger partial charge in [-0.15, -0.1) is 0 Å². The molecule has 0 fully saturated rings. The van der Waals surface area contributed by atoms with Crippen molar-refractivity contribution in [1.82, 2.24) is 21.3 Å². The van der Waals surface area contributed by atoms with Gasteiger partial charge < -0.3 is 41.0 Å². The molecular formula is C33H50N4O7. The van der Waals surface area contributed by atoms with Gasteiger partial charge in [-0.25, -0.2) is 9.59 Å². The summed E-state index contributed by atoms with van der Waals surface area (Å²) in [5.41, 5.74) is 0.477. The number of alkyl carbamates (subject to hydrolysis) is 2. The molecule has 244 valence electrons. The smallest absolute Gasteiger partial charge is 0.407 e. The third-order valence-electron chi connectivity index (χ3n) is 6.84. The van der Waals surface area contributed by atoms with Crippen LogP contribution in [0.4, 0.5) is 9.59 Å². The predicted octanol–water partition coefficient (Wildman–Crippen LogP) is 2.93. The molecule has 0 heterocycles. The second-order valence-electron chi connectivity index (χ2n) is 13.0. The highest BCUT2D eigenvalue weighted by Gasteiger charge is 2.35. The molecule has 1 unspecified atom stereocenters. The molecule has 0 aliphatic rings. The molecule has 0 saturated heterocycles. The molecule has 2 rings (SSSR count). The van der Waals surface area contributed by atoms with Crippen LogP contribution in [0.15, 0.2) is 60.7 Å². The van der Waals surface area contributed by atoms with Crippen LogP contribution in [0.3, 0.4) is 0 Å². The maximum Gasteiger partial charge on any atom is 0.407 e. The number of methoxy groups -OCH3 is 1. The van der Waals surface area contributed by atoms with Crippen molar-refractivity contribution in [3.8, 4) is 0 Å². The number of benzene rings is 2. The minimum atomic E-state index is -1.06. The number of nitrogens with one attached hydrogen (secondary N) is 4. The largest absolute Gasteiger partial charge is 0.453 e. The van der Waals surface area contributed by atoms with Gasteiger partial charge in [0.25, 0.3) is 0 Å². The molecule has 6 N–H and O–H groups in total. The molecule has 3 amide bonds. The Morgan fingerprint density at radius 2 is 1.16 bits per heavy atom. The van der Waals surface area contributed by atoms with Crippen molar-refractivity contribution in [3.63, 3.8) is 0 Å². The summed E-state index contributed by atoms with van der Waals surface area (Å²) in [6.45, 7) is 10.8. The van der Waals surface area contributed by atoms with Gasteiger partial charge in [0.2, 0.25) is 5.91 Å². The first-order chi connectivity index (χ1) is 20.6. The number of aliphatic hydroxyl groups excluding tert-OH is 2. The van der Waals surface area contributed by atoms with E-state index in [0.29, 0.717) is 12.8 Å². The van der Waals surface area contributed by atoms with E-state index in [-0.39, 0.29) is 13.1 Å². The number of hydrogen-bond donors (Lipinski definition) is 6. The molecule has 2 aromatic rings. The molecular weight excluding hydrogens is 564 g/mol. The van der Waals surface area contributed by atoms with Crippen LogP contribution in [-0.2, 0) is 27.1 Å². The number of carbonyl (C=O) groups is 3. The lowest BCUT2D eigenvalue weighted by molar-refractivity contribution is -0.127. The highest BCUT2D eigenvalue weighted by atomic mass is 16.6. The molecule has 11 heteroatoms. The van der Waals surface area contributed by atoms with Crippen LogP contribution >= 0.6 is 0 Å². The Labute approximate surface area is 261 Å². The number of aliphatic hydroxyl groups is 2. The number of amides is 3. The van der Waals surface area contributed by atoms with Gasteiger partial charge in [0.05, 0.1) is 31.4 Å². The van der Waals surface area contributed by atoms with Gasteiger partial charge in [0.1, 0.15) is 11.6 Å². The molecule has 0 aliphatic carbocycles. The van der Waals surface area contributed by atoms with Crippen LogP contribution in [0.2, 0.25) is 0 Å². The summed E-state index contributed by atoms with van der Waals surface area (Å²) >= 11 is 0. The van der Waals surface area contributed by atoms with Crippen molar-refractivity contribution >= 4 is 18.1 Å². The molecule has 0 radical (unpaired) electrons. The van der Waals surface area contributed by atoms with E-state index in [1.807, 2.05) is 81.4 Å². The van der Waals surface area contributed by atoms with Crippen LogP contribution in [0.5, 0.6) is 0 Å². The van der Waals surface area contributed by atoms with Crippen molar-refractivity contribution in [2.75, 3.05) is 20.2 Å². The summed E-state index contributed by atoms with van der Waals surface area (Å²) in [5.74, 6) is -0.465. The zero-order valence-corrected chi connectivity index (χ0v) is 26.9. The normalized spacial score (nSPS) is 15.2. The van der Waals surface area contributed by atoms with E-state index in [2.05, 4.69) is 21.3 Å². The highest BCUT2D eigenvalue weighted by Crippen LogP contribution is 2.20. The Morgan fingerprint density at radius 1 is 0.705 bits per heavy atom. The first-order valence-corrected chi connectivity index (χ1v) is 14.9. The molecule has 5 atom stereocenters. The SMILES string of the molecule is COC(=O)NC(C(=O)N[C@@H](Cc1ccccc1)[C@H](O)CNC[C@@H](O)[C@H](Cc1ccccc1)NC(=O)OC(C)(C)C)C(C)(C)C. The van der Waals surface area contributed by atoms with Crippen molar-refractivity contribution < 1.29 is 34.1 Å². The second kappa shape index (κ2) is 17.0. The summed E-state index contributed by atoms with van der Waals surface area (Å²) in [5, 5.41) is 33.7. The fourth-order valence-electron chi connectivity index (χ4n) is 4.54. The maximum atomic E-state index is 13.4. The van der Waals surface area contributed by atoms with Gasteiger partial charge in [0.15, 0.2) is 0 Å². The molecule has 44 heavy (non-hydrogen) atoms. The van der Waals surface area contributed by atoms with Crippen molar-refractivity contribution in [1.29, 1.82) is 0 Å². The zero-order valence-electron chi connectivity index (χ0n) is 26.9. The third kappa shape index (κ3) is 13.3. The lowest BCUT2D eigenvalue weighted by Crippen LogP contribution is -2.58. The summed E-state index contributed by atoms with van der Waals surface area (Å²) < 4.78 is 10.1. The first kappa shape index (κ1) is 36.5. The minimum Gasteiger partial charge on any atom is -0.453 e. The van der Waals surface area contributed by atoms with E-state index in [4.69, 9.17) is 9.47 Å². The third-order valence-corrected chi connectivity index (χ3v) is 6.84. The van der Waals surface area contributed by atoms with E-state index < -0.39 is 59.4 Å². The van der Waals surface area contributed by atoms with Gasteiger partial charge >= 0.3 is 12.2 Å².